The minimum absolute atomic E-state index is 0.260. The first-order valence-electron chi connectivity index (χ1n) is 5.37. The fraction of sp³-hybridized carbons (Fsp3) is 0.750. The topological polar surface area (TPSA) is 17.1 Å². The van der Waals surface area contributed by atoms with Crippen LogP contribution in [0.2, 0.25) is 0 Å². The lowest BCUT2D eigenvalue weighted by Crippen LogP contribution is -1.94. The first kappa shape index (κ1) is 12.4. The van der Waals surface area contributed by atoms with Gasteiger partial charge in [0.2, 0.25) is 0 Å². The van der Waals surface area contributed by atoms with E-state index in [0.29, 0.717) is 0 Å². The molecular formula is C12H22O. The fourth-order valence-electron chi connectivity index (χ4n) is 1.32. The summed E-state index contributed by atoms with van der Waals surface area (Å²) in [5.74, 6) is 0.260. The number of hydrogen-bond donors (Lipinski definition) is 0. The minimum Gasteiger partial charge on any atom is -0.303 e. The summed E-state index contributed by atoms with van der Waals surface area (Å²) in [5.41, 5.74) is 0. The molecule has 0 N–H and O–H groups in total. The lowest BCUT2D eigenvalue weighted by Gasteiger charge is -2.02. The van der Waals surface area contributed by atoms with E-state index in [1.807, 2.05) is 6.92 Å². The highest BCUT2D eigenvalue weighted by atomic mass is 16.1. The Morgan fingerprint density at radius 1 is 1.15 bits per heavy atom. The Morgan fingerprint density at radius 2 is 1.85 bits per heavy atom. The Labute approximate surface area is 82.2 Å². The van der Waals surface area contributed by atoms with E-state index in [4.69, 9.17) is 0 Å². The Bertz CT molecular complexity index is 138. The van der Waals surface area contributed by atoms with Crippen LogP contribution in [-0.2, 0) is 4.79 Å². The molecule has 0 saturated carbocycles. The molecule has 0 aromatic carbocycles. The second-order valence-corrected chi connectivity index (χ2v) is 3.67. The molecule has 0 aliphatic carbocycles. The Hall–Kier alpha value is -0.590. The van der Waals surface area contributed by atoms with E-state index in [1.165, 1.54) is 32.1 Å². The van der Waals surface area contributed by atoms with Crippen molar-refractivity contribution in [1.29, 1.82) is 0 Å². The molecule has 1 heteroatoms. The van der Waals surface area contributed by atoms with Gasteiger partial charge in [-0.05, 0) is 26.2 Å². The SMILES string of the molecule is C/C=C/CCCCCCC(C)C=O. The zero-order valence-corrected chi connectivity index (χ0v) is 8.96. The number of allylic oxidation sites excluding steroid dienone is 2. The van der Waals surface area contributed by atoms with Crippen LogP contribution in [0.15, 0.2) is 12.2 Å². The van der Waals surface area contributed by atoms with Crippen LogP contribution >= 0.6 is 0 Å². The molecule has 0 fully saturated rings. The Kier molecular flexibility index (Phi) is 9.07. The normalized spacial score (nSPS) is 13.4. The molecule has 76 valence electrons. The van der Waals surface area contributed by atoms with Gasteiger partial charge in [-0.25, -0.2) is 0 Å². The van der Waals surface area contributed by atoms with Gasteiger partial charge in [0.25, 0.3) is 0 Å². The van der Waals surface area contributed by atoms with Crippen molar-refractivity contribution in [2.24, 2.45) is 5.92 Å². The van der Waals surface area contributed by atoms with E-state index in [0.717, 1.165) is 12.7 Å². The van der Waals surface area contributed by atoms with Crippen LogP contribution in [0.1, 0.15) is 52.4 Å². The van der Waals surface area contributed by atoms with Crippen molar-refractivity contribution in [3.63, 3.8) is 0 Å². The molecule has 13 heavy (non-hydrogen) atoms. The maximum atomic E-state index is 10.3. The molecule has 0 bridgehead atoms. The van der Waals surface area contributed by atoms with E-state index in [1.54, 1.807) is 0 Å². The summed E-state index contributed by atoms with van der Waals surface area (Å²) in [5, 5.41) is 0. The molecule has 0 aliphatic rings. The summed E-state index contributed by atoms with van der Waals surface area (Å²) < 4.78 is 0. The van der Waals surface area contributed by atoms with Gasteiger partial charge in [0.05, 0.1) is 0 Å². The van der Waals surface area contributed by atoms with Crippen LogP contribution in [-0.4, -0.2) is 6.29 Å². The summed E-state index contributed by atoms with van der Waals surface area (Å²) >= 11 is 0. The van der Waals surface area contributed by atoms with Crippen molar-refractivity contribution < 1.29 is 4.79 Å². The molecule has 1 atom stereocenters. The molecular weight excluding hydrogens is 160 g/mol. The summed E-state index contributed by atoms with van der Waals surface area (Å²) in [6, 6.07) is 0. The van der Waals surface area contributed by atoms with Crippen molar-refractivity contribution in [1.82, 2.24) is 0 Å². The third kappa shape index (κ3) is 9.32. The van der Waals surface area contributed by atoms with Crippen LogP contribution in [0.5, 0.6) is 0 Å². The highest BCUT2D eigenvalue weighted by Gasteiger charge is 1.97. The molecule has 1 unspecified atom stereocenters. The summed E-state index contributed by atoms with van der Waals surface area (Å²) in [6.07, 6.45) is 12.7. The zero-order valence-electron chi connectivity index (χ0n) is 8.96. The Morgan fingerprint density at radius 3 is 2.46 bits per heavy atom. The van der Waals surface area contributed by atoms with Gasteiger partial charge < -0.3 is 4.79 Å². The number of aldehydes is 1. The van der Waals surface area contributed by atoms with Crippen LogP contribution < -0.4 is 0 Å². The standard InChI is InChI=1S/C12H22O/c1-3-4-5-6-7-8-9-10-12(2)11-13/h3-4,11-12H,5-10H2,1-2H3/b4-3+. The van der Waals surface area contributed by atoms with E-state index in [2.05, 4.69) is 19.1 Å². The van der Waals surface area contributed by atoms with Gasteiger partial charge in [0.15, 0.2) is 0 Å². The van der Waals surface area contributed by atoms with Crippen molar-refractivity contribution in [3.8, 4) is 0 Å². The highest BCUT2D eigenvalue weighted by Crippen LogP contribution is 2.09. The quantitative estimate of drug-likeness (QED) is 0.317. The van der Waals surface area contributed by atoms with E-state index < -0.39 is 0 Å². The number of carbonyl (C=O) groups excluding carboxylic acids is 1. The van der Waals surface area contributed by atoms with Gasteiger partial charge in [-0.3, -0.25) is 0 Å². The average Bonchev–Trinajstić information content (AvgIpc) is 2.16. The van der Waals surface area contributed by atoms with Gasteiger partial charge in [0, 0.05) is 5.92 Å². The molecule has 0 aromatic heterocycles. The van der Waals surface area contributed by atoms with Gasteiger partial charge >= 0.3 is 0 Å². The van der Waals surface area contributed by atoms with Crippen LogP contribution in [0.3, 0.4) is 0 Å². The van der Waals surface area contributed by atoms with Gasteiger partial charge in [-0.15, -0.1) is 0 Å². The summed E-state index contributed by atoms with van der Waals surface area (Å²) in [7, 11) is 0. The predicted octanol–water partition coefficient (Wildman–Crippen LogP) is 3.74. The second kappa shape index (κ2) is 9.50. The monoisotopic (exact) mass is 182 g/mol. The van der Waals surface area contributed by atoms with Gasteiger partial charge in [0.1, 0.15) is 6.29 Å². The van der Waals surface area contributed by atoms with Crippen molar-refractivity contribution >= 4 is 6.29 Å². The number of carbonyl (C=O) groups is 1. The van der Waals surface area contributed by atoms with E-state index >= 15 is 0 Å². The molecule has 0 amide bonds. The molecule has 0 rings (SSSR count). The van der Waals surface area contributed by atoms with Crippen LogP contribution in [0.25, 0.3) is 0 Å². The average molecular weight is 182 g/mol. The van der Waals surface area contributed by atoms with Crippen molar-refractivity contribution in [2.75, 3.05) is 0 Å². The molecule has 0 aliphatic heterocycles. The van der Waals surface area contributed by atoms with E-state index in [-0.39, 0.29) is 5.92 Å². The second-order valence-electron chi connectivity index (χ2n) is 3.67. The summed E-state index contributed by atoms with van der Waals surface area (Å²) in [4.78, 5) is 10.3. The molecule has 0 spiro atoms. The van der Waals surface area contributed by atoms with Crippen LogP contribution in [0, 0.1) is 5.92 Å². The maximum Gasteiger partial charge on any atom is 0.122 e. The predicted molar refractivity (Wildman–Crippen MR) is 57.7 cm³/mol. The number of unbranched alkanes of at least 4 members (excludes halogenated alkanes) is 4. The maximum absolute atomic E-state index is 10.3. The zero-order chi connectivity index (χ0) is 9.94. The molecule has 1 nitrogen and oxygen atoms in total. The lowest BCUT2D eigenvalue weighted by atomic mass is 10.0. The number of rotatable bonds is 8. The van der Waals surface area contributed by atoms with Gasteiger partial charge in [-0.1, -0.05) is 38.3 Å². The largest absolute Gasteiger partial charge is 0.303 e. The van der Waals surface area contributed by atoms with Crippen molar-refractivity contribution in [3.05, 3.63) is 12.2 Å². The molecule has 0 radical (unpaired) electrons. The third-order valence-electron chi connectivity index (χ3n) is 2.25. The first-order valence-corrected chi connectivity index (χ1v) is 5.37. The molecule has 0 aromatic rings. The number of hydrogen-bond acceptors (Lipinski definition) is 1. The molecule has 0 heterocycles. The smallest absolute Gasteiger partial charge is 0.122 e. The minimum atomic E-state index is 0.260. The van der Waals surface area contributed by atoms with Crippen molar-refractivity contribution in [2.45, 2.75) is 52.4 Å². The van der Waals surface area contributed by atoms with Gasteiger partial charge in [-0.2, -0.15) is 0 Å². The first-order chi connectivity index (χ1) is 6.31. The molecule has 0 saturated heterocycles. The fourth-order valence-corrected chi connectivity index (χ4v) is 1.32. The lowest BCUT2D eigenvalue weighted by molar-refractivity contribution is -0.110. The van der Waals surface area contributed by atoms with E-state index in [9.17, 15) is 4.79 Å². The third-order valence-corrected chi connectivity index (χ3v) is 2.25. The Balaban J connectivity index is 3.03. The highest BCUT2D eigenvalue weighted by molar-refractivity contribution is 5.52. The summed E-state index contributed by atoms with van der Waals surface area (Å²) in [6.45, 7) is 4.05. The van der Waals surface area contributed by atoms with Crippen LogP contribution in [0.4, 0.5) is 0 Å².